The van der Waals surface area contributed by atoms with Crippen molar-refractivity contribution in [3.8, 4) is 11.1 Å². The first-order chi connectivity index (χ1) is 13.2. The minimum Gasteiger partial charge on any atom is -0.311 e. The number of allylic oxidation sites excluding steroid dienone is 3. The SMILES string of the molecule is Cc1ccc(-c2ccc(N(C3=CCCC=C3)c3ccc(C)cc3)cc2)cc1. The van der Waals surface area contributed by atoms with Crippen molar-refractivity contribution in [1.29, 1.82) is 0 Å². The fraction of sp³-hybridized carbons (Fsp3) is 0.154. The minimum absolute atomic E-state index is 1.09. The lowest BCUT2D eigenvalue weighted by Gasteiger charge is -2.28. The number of nitrogens with zero attached hydrogens (tertiary/aromatic N) is 1. The van der Waals surface area contributed by atoms with Gasteiger partial charge in [-0.25, -0.2) is 0 Å². The van der Waals surface area contributed by atoms with Crippen molar-refractivity contribution < 1.29 is 0 Å². The summed E-state index contributed by atoms with van der Waals surface area (Å²) in [6.45, 7) is 4.25. The van der Waals surface area contributed by atoms with Gasteiger partial charge in [-0.2, -0.15) is 0 Å². The molecule has 0 atom stereocenters. The van der Waals surface area contributed by atoms with Crippen LogP contribution in [0.3, 0.4) is 0 Å². The van der Waals surface area contributed by atoms with Gasteiger partial charge in [0, 0.05) is 17.1 Å². The topological polar surface area (TPSA) is 3.24 Å². The van der Waals surface area contributed by atoms with Crippen LogP contribution in [-0.4, -0.2) is 0 Å². The van der Waals surface area contributed by atoms with Crippen LogP contribution in [0.2, 0.25) is 0 Å². The lowest BCUT2D eigenvalue weighted by molar-refractivity contribution is 0.997. The summed E-state index contributed by atoms with van der Waals surface area (Å²) in [5.74, 6) is 0. The third kappa shape index (κ3) is 3.88. The van der Waals surface area contributed by atoms with Gasteiger partial charge < -0.3 is 4.90 Å². The summed E-state index contributed by atoms with van der Waals surface area (Å²) in [7, 11) is 0. The maximum atomic E-state index is 2.34. The molecule has 0 spiro atoms. The molecule has 1 nitrogen and oxygen atoms in total. The first-order valence-electron chi connectivity index (χ1n) is 9.61. The standard InChI is InChI=1S/C26H25N/c1-20-8-12-22(13-9-20)23-14-18-26(19-15-23)27(24-6-4-3-5-7-24)25-16-10-21(2)11-17-25/h4,6-19H,3,5H2,1-2H3. The van der Waals surface area contributed by atoms with Gasteiger partial charge >= 0.3 is 0 Å². The molecule has 1 aliphatic rings. The van der Waals surface area contributed by atoms with Gasteiger partial charge in [0.2, 0.25) is 0 Å². The molecule has 0 saturated heterocycles. The van der Waals surface area contributed by atoms with Crippen LogP contribution in [0.15, 0.2) is 96.7 Å². The normalized spacial score (nSPS) is 13.3. The summed E-state index contributed by atoms with van der Waals surface area (Å²) in [6.07, 6.45) is 9.04. The van der Waals surface area contributed by atoms with Gasteiger partial charge in [-0.1, -0.05) is 71.8 Å². The van der Waals surface area contributed by atoms with Crippen LogP contribution in [0.1, 0.15) is 24.0 Å². The molecule has 0 saturated carbocycles. The first kappa shape index (κ1) is 17.4. The van der Waals surface area contributed by atoms with Gasteiger partial charge in [-0.05, 0) is 68.2 Å². The second kappa shape index (κ2) is 7.67. The maximum absolute atomic E-state index is 2.34. The highest BCUT2D eigenvalue weighted by molar-refractivity contribution is 5.73. The molecule has 134 valence electrons. The molecule has 27 heavy (non-hydrogen) atoms. The quantitative estimate of drug-likeness (QED) is 0.475. The van der Waals surface area contributed by atoms with Crippen LogP contribution in [0.5, 0.6) is 0 Å². The van der Waals surface area contributed by atoms with Gasteiger partial charge in [-0.3, -0.25) is 0 Å². The van der Waals surface area contributed by atoms with Crippen LogP contribution >= 0.6 is 0 Å². The molecule has 0 N–H and O–H groups in total. The van der Waals surface area contributed by atoms with Crippen molar-refractivity contribution in [3.63, 3.8) is 0 Å². The summed E-state index contributed by atoms with van der Waals surface area (Å²) in [5.41, 5.74) is 8.70. The third-order valence-electron chi connectivity index (χ3n) is 5.04. The Kier molecular flexibility index (Phi) is 4.93. The van der Waals surface area contributed by atoms with Gasteiger partial charge in [0.1, 0.15) is 0 Å². The van der Waals surface area contributed by atoms with E-state index in [0.717, 1.165) is 12.8 Å². The van der Waals surface area contributed by atoms with Gasteiger partial charge in [0.15, 0.2) is 0 Å². The van der Waals surface area contributed by atoms with Crippen molar-refractivity contribution >= 4 is 11.4 Å². The highest BCUT2D eigenvalue weighted by atomic mass is 15.1. The highest BCUT2D eigenvalue weighted by Gasteiger charge is 2.14. The van der Waals surface area contributed by atoms with Crippen molar-refractivity contribution in [2.45, 2.75) is 26.7 Å². The van der Waals surface area contributed by atoms with E-state index in [4.69, 9.17) is 0 Å². The Morgan fingerprint density at radius 2 is 1.07 bits per heavy atom. The Bertz CT molecular complexity index is 958. The van der Waals surface area contributed by atoms with Crippen LogP contribution < -0.4 is 4.90 Å². The third-order valence-corrected chi connectivity index (χ3v) is 5.04. The zero-order valence-corrected chi connectivity index (χ0v) is 16.0. The predicted molar refractivity (Wildman–Crippen MR) is 116 cm³/mol. The maximum Gasteiger partial charge on any atom is 0.0461 e. The number of aryl methyl sites for hydroxylation is 2. The average molecular weight is 351 g/mol. The first-order valence-corrected chi connectivity index (χ1v) is 9.61. The van der Waals surface area contributed by atoms with Gasteiger partial charge in [0.05, 0.1) is 0 Å². The number of benzene rings is 3. The largest absolute Gasteiger partial charge is 0.311 e. The van der Waals surface area contributed by atoms with Crippen LogP contribution in [0.4, 0.5) is 11.4 Å². The molecular weight excluding hydrogens is 326 g/mol. The Labute approximate surface area is 162 Å². The predicted octanol–water partition coefficient (Wildman–Crippen LogP) is 7.34. The molecule has 3 aromatic carbocycles. The Morgan fingerprint density at radius 3 is 1.59 bits per heavy atom. The number of anilines is 2. The van der Waals surface area contributed by atoms with E-state index in [9.17, 15) is 0 Å². The van der Waals surface area contributed by atoms with E-state index in [1.807, 2.05) is 0 Å². The molecular formula is C26H25N. The smallest absolute Gasteiger partial charge is 0.0461 e. The number of hydrogen-bond acceptors (Lipinski definition) is 1. The Hall–Kier alpha value is -3.06. The molecule has 0 bridgehead atoms. The Morgan fingerprint density at radius 1 is 0.593 bits per heavy atom. The zero-order valence-electron chi connectivity index (χ0n) is 16.0. The Balaban J connectivity index is 1.71. The van der Waals surface area contributed by atoms with Crippen LogP contribution in [0.25, 0.3) is 11.1 Å². The molecule has 4 rings (SSSR count). The highest BCUT2D eigenvalue weighted by Crippen LogP contribution is 2.33. The lowest BCUT2D eigenvalue weighted by Crippen LogP contribution is -2.16. The molecule has 0 fully saturated rings. The van der Waals surface area contributed by atoms with Crippen molar-refractivity contribution in [2.24, 2.45) is 0 Å². The fourth-order valence-electron chi connectivity index (χ4n) is 3.46. The molecule has 0 heterocycles. The average Bonchev–Trinajstić information content (AvgIpc) is 2.72. The van der Waals surface area contributed by atoms with E-state index >= 15 is 0 Å². The molecule has 1 heteroatoms. The number of hydrogen-bond donors (Lipinski definition) is 0. The van der Waals surface area contributed by atoms with E-state index in [-0.39, 0.29) is 0 Å². The van der Waals surface area contributed by atoms with E-state index in [1.165, 1.54) is 39.3 Å². The van der Waals surface area contributed by atoms with E-state index < -0.39 is 0 Å². The summed E-state index contributed by atoms with van der Waals surface area (Å²) in [5, 5.41) is 0. The van der Waals surface area contributed by atoms with Gasteiger partial charge in [-0.15, -0.1) is 0 Å². The van der Waals surface area contributed by atoms with E-state index in [1.54, 1.807) is 0 Å². The van der Waals surface area contributed by atoms with Crippen LogP contribution in [-0.2, 0) is 0 Å². The second-order valence-electron chi connectivity index (χ2n) is 7.19. The van der Waals surface area contributed by atoms with Crippen molar-refractivity contribution in [2.75, 3.05) is 4.90 Å². The molecule has 3 aromatic rings. The van der Waals surface area contributed by atoms with Gasteiger partial charge in [0.25, 0.3) is 0 Å². The van der Waals surface area contributed by atoms with Crippen molar-refractivity contribution in [3.05, 3.63) is 108 Å². The summed E-state index contributed by atoms with van der Waals surface area (Å²) in [6, 6.07) is 26.3. The molecule has 0 aliphatic heterocycles. The summed E-state index contributed by atoms with van der Waals surface area (Å²) < 4.78 is 0. The van der Waals surface area contributed by atoms with E-state index in [2.05, 4.69) is 110 Å². The zero-order chi connectivity index (χ0) is 18.6. The van der Waals surface area contributed by atoms with Crippen molar-refractivity contribution in [1.82, 2.24) is 0 Å². The molecule has 0 unspecified atom stereocenters. The minimum atomic E-state index is 1.09. The summed E-state index contributed by atoms with van der Waals surface area (Å²) in [4.78, 5) is 2.34. The molecule has 1 aliphatic carbocycles. The molecule has 0 aromatic heterocycles. The molecule has 0 radical (unpaired) electrons. The monoisotopic (exact) mass is 351 g/mol. The summed E-state index contributed by atoms with van der Waals surface area (Å²) >= 11 is 0. The fourth-order valence-corrected chi connectivity index (χ4v) is 3.46. The van der Waals surface area contributed by atoms with Crippen LogP contribution in [0, 0.1) is 13.8 Å². The van der Waals surface area contributed by atoms with E-state index in [0.29, 0.717) is 0 Å². The second-order valence-corrected chi connectivity index (χ2v) is 7.19. The molecule has 0 amide bonds. The lowest BCUT2D eigenvalue weighted by atomic mass is 10.0. The number of rotatable bonds is 4.